The Kier molecular flexibility index (Phi) is 6.51. The fourth-order valence-corrected chi connectivity index (χ4v) is 4.18. The second kappa shape index (κ2) is 8.48. The van der Waals surface area contributed by atoms with Crippen LogP contribution in [-0.4, -0.2) is 27.6 Å². The smallest absolute Gasteiger partial charge is 0.280 e. The van der Waals surface area contributed by atoms with Gasteiger partial charge in [-0.25, -0.2) is 8.42 Å². The molecule has 8 nitrogen and oxygen atoms in total. The second-order valence-electron chi connectivity index (χ2n) is 5.22. The largest absolute Gasteiger partial charge is 0.493 e. The third-order valence-electron chi connectivity index (χ3n) is 3.60. The van der Waals surface area contributed by atoms with E-state index in [2.05, 4.69) is 0 Å². The molecule has 0 unspecified atom stereocenters. The highest BCUT2D eigenvalue weighted by Crippen LogP contribution is 2.37. The number of hydrogen-bond donors (Lipinski definition) is 0. The van der Waals surface area contributed by atoms with Crippen LogP contribution in [0.1, 0.15) is 5.56 Å². The first-order valence-electron chi connectivity index (χ1n) is 7.38. The Bertz CT molecular complexity index is 1120. The third-order valence-corrected chi connectivity index (χ3v) is 5.98. The van der Waals surface area contributed by atoms with Crippen LogP contribution < -0.4 is 9.47 Å². The maximum absolute atomic E-state index is 12.8. The van der Waals surface area contributed by atoms with Crippen LogP contribution >= 0.6 is 23.2 Å². The summed E-state index contributed by atoms with van der Waals surface area (Å²) in [7, 11) is -1.79. The fraction of sp³-hybridized carbons (Fsp3) is 0.118. The highest BCUT2D eigenvalue weighted by molar-refractivity contribution is 7.95. The van der Waals surface area contributed by atoms with E-state index in [1.165, 1.54) is 32.4 Å². The van der Waals surface area contributed by atoms with Crippen molar-refractivity contribution in [3.63, 3.8) is 0 Å². The summed E-state index contributed by atoms with van der Waals surface area (Å²) >= 11 is 11.8. The molecular formula is C17H12Cl2N2O6S. The molecule has 0 amide bonds. The van der Waals surface area contributed by atoms with Gasteiger partial charge in [0.1, 0.15) is 11.0 Å². The Morgan fingerprint density at radius 3 is 2.32 bits per heavy atom. The van der Waals surface area contributed by atoms with Crippen molar-refractivity contribution in [1.29, 1.82) is 5.26 Å². The summed E-state index contributed by atoms with van der Waals surface area (Å²) in [6.45, 7) is 0. The van der Waals surface area contributed by atoms with Gasteiger partial charge < -0.3 is 9.47 Å². The average molecular weight is 443 g/mol. The number of benzene rings is 2. The third kappa shape index (κ3) is 4.20. The van der Waals surface area contributed by atoms with Crippen LogP contribution in [0.25, 0.3) is 6.08 Å². The van der Waals surface area contributed by atoms with Gasteiger partial charge in [0.15, 0.2) is 11.5 Å². The van der Waals surface area contributed by atoms with E-state index in [-0.39, 0.29) is 27.1 Å². The molecule has 0 saturated heterocycles. The molecule has 0 N–H and O–H groups in total. The number of methoxy groups -OCH3 is 2. The van der Waals surface area contributed by atoms with Crippen molar-refractivity contribution >= 4 is 44.8 Å². The van der Waals surface area contributed by atoms with Crippen molar-refractivity contribution in [3.05, 3.63) is 61.0 Å². The van der Waals surface area contributed by atoms with E-state index >= 15 is 0 Å². The maximum Gasteiger partial charge on any atom is 0.280 e. The summed E-state index contributed by atoms with van der Waals surface area (Å²) < 4.78 is 35.8. The van der Waals surface area contributed by atoms with E-state index in [4.69, 9.17) is 32.7 Å². The second-order valence-corrected chi connectivity index (χ2v) is 7.95. The van der Waals surface area contributed by atoms with Crippen molar-refractivity contribution in [2.75, 3.05) is 14.2 Å². The van der Waals surface area contributed by atoms with Gasteiger partial charge in [0.2, 0.25) is 9.84 Å². The van der Waals surface area contributed by atoms with Crippen LogP contribution in [0.3, 0.4) is 0 Å². The minimum atomic E-state index is -4.39. The maximum atomic E-state index is 12.8. The molecular weight excluding hydrogens is 431 g/mol. The van der Waals surface area contributed by atoms with Crippen LogP contribution in [0.4, 0.5) is 5.69 Å². The number of ether oxygens (including phenoxy) is 2. The summed E-state index contributed by atoms with van der Waals surface area (Å²) in [5, 5.41) is 20.7. The molecule has 0 aliphatic rings. The molecule has 0 heterocycles. The zero-order chi connectivity index (χ0) is 21.1. The number of halogens is 2. The Morgan fingerprint density at radius 2 is 1.79 bits per heavy atom. The van der Waals surface area contributed by atoms with E-state index in [0.29, 0.717) is 0 Å². The molecule has 11 heteroatoms. The average Bonchev–Trinajstić information content (AvgIpc) is 2.66. The van der Waals surface area contributed by atoms with E-state index in [1.807, 2.05) is 0 Å². The lowest BCUT2D eigenvalue weighted by Gasteiger charge is -2.10. The zero-order valence-corrected chi connectivity index (χ0v) is 16.8. The van der Waals surface area contributed by atoms with E-state index in [0.717, 1.165) is 18.2 Å². The summed E-state index contributed by atoms with van der Waals surface area (Å²) in [5.41, 5.74) is -0.640. The molecule has 0 aromatic heterocycles. The predicted octanol–water partition coefficient (Wildman–Crippen LogP) is 4.26. The molecule has 0 radical (unpaired) electrons. The predicted molar refractivity (Wildman–Crippen MR) is 103 cm³/mol. The molecule has 2 aromatic rings. The molecule has 0 spiro atoms. The number of sulfone groups is 1. The molecule has 0 aliphatic carbocycles. The minimum absolute atomic E-state index is 0.0746. The standard InChI is InChI=1S/C17H12Cl2N2O6S/c1-26-15-6-10(14(21(22)23)8-16(15)27-2)5-12(9-20)28(24,25)17-7-11(18)3-4-13(17)19/h3-8H,1-2H3. The topological polar surface area (TPSA) is 120 Å². The van der Waals surface area contributed by atoms with Gasteiger partial charge in [0.25, 0.3) is 5.69 Å². The van der Waals surface area contributed by atoms with Crippen LogP contribution in [0.2, 0.25) is 10.0 Å². The fourth-order valence-electron chi connectivity index (χ4n) is 2.27. The Balaban J connectivity index is 2.75. The highest BCUT2D eigenvalue weighted by atomic mass is 35.5. The van der Waals surface area contributed by atoms with Crippen LogP contribution in [-0.2, 0) is 9.84 Å². The molecule has 0 atom stereocenters. The molecule has 2 aromatic carbocycles. The Labute approximate surface area is 170 Å². The monoisotopic (exact) mass is 442 g/mol. The van der Waals surface area contributed by atoms with Crippen molar-refractivity contribution < 1.29 is 22.8 Å². The quantitative estimate of drug-likeness (QED) is 0.372. The zero-order valence-electron chi connectivity index (χ0n) is 14.5. The van der Waals surface area contributed by atoms with Crippen molar-refractivity contribution in [3.8, 4) is 17.6 Å². The van der Waals surface area contributed by atoms with E-state index in [1.54, 1.807) is 6.07 Å². The van der Waals surface area contributed by atoms with Crippen LogP contribution in [0.15, 0.2) is 40.1 Å². The van der Waals surface area contributed by atoms with Crippen molar-refractivity contribution in [2.24, 2.45) is 0 Å². The molecule has 2 rings (SSSR count). The number of allylic oxidation sites excluding steroid dienone is 1. The number of hydrogen-bond acceptors (Lipinski definition) is 7. The summed E-state index contributed by atoms with van der Waals surface area (Å²) in [4.78, 5) is 9.50. The molecule has 0 fully saturated rings. The van der Waals surface area contributed by atoms with Crippen LogP contribution in [0.5, 0.6) is 11.5 Å². The van der Waals surface area contributed by atoms with Gasteiger partial charge in [-0.05, 0) is 30.3 Å². The van der Waals surface area contributed by atoms with Crippen molar-refractivity contribution in [2.45, 2.75) is 4.90 Å². The lowest BCUT2D eigenvalue weighted by atomic mass is 10.1. The Hall–Kier alpha value is -2.80. The van der Waals surface area contributed by atoms with E-state index in [9.17, 15) is 23.8 Å². The number of nitriles is 1. The van der Waals surface area contributed by atoms with Gasteiger partial charge in [0, 0.05) is 5.02 Å². The SMILES string of the molecule is COc1cc(C=C(C#N)S(=O)(=O)c2cc(Cl)ccc2Cl)c([N+](=O)[O-])cc1OC. The van der Waals surface area contributed by atoms with E-state index < -0.39 is 30.2 Å². The molecule has 0 bridgehead atoms. The number of nitro benzene ring substituents is 1. The molecule has 28 heavy (non-hydrogen) atoms. The number of nitrogens with zero attached hydrogens (tertiary/aromatic N) is 2. The van der Waals surface area contributed by atoms with Gasteiger partial charge in [-0.2, -0.15) is 5.26 Å². The first-order chi connectivity index (χ1) is 13.1. The summed E-state index contributed by atoms with van der Waals surface area (Å²) in [6.07, 6.45) is 0.868. The molecule has 0 aliphatic heterocycles. The first-order valence-corrected chi connectivity index (χ1v) is 9.62. The lowest BCUT2D eigenvalue weighted by molar-refractivity contribution is -0.385. The number of rotatable bonds is 6. The van der Waals surface area contributed by atoms with Gasteiger partial charge >= 0.3 is 0 Å². The summed E-state index contributed by atoms with van der Waals surface area (Å²) in [6, 6.07) is 7.56. The van der Waals surface area contributed by atoms with Gasteiger partial charge in [-0.3, -0.25) is 10.1 Å². The van der Waals surface area contributed by atoms with Gasteiger partial charge in [-0.15, -0.1) is 0 Å². The normalized spacial score (nSPS) is 11.6. The van der Waals surface area contributed by atoms with Crippen LogP contribution in [0, 0.1) is 21.4 Å². The van der Waals surface area contributed by atoms with Crippen molar-refractivity contribution in [1.82, 2.24) is 0 Å². The minimum Gasteiger partial charge on any atom is -0.493 e. The molecule has 0 saturated carbocycles. The highest BCUT2D eigenvalue weighted by Gasteiger charge is 2.26. The Morgan fingerprint density at radius 1 is 1.18 bits per heavy atom. The first kappa shape index (κ1) is 21.5. The summed E-state index contributed by atoms with van der Waals surface area (Å²) in [5.74, 6) is 0.195. The van der Waals surface area contributed by atoms with Gasteiger partial charge in [0.05, 0.1) is 40.7 Å². The number of nitro groups is 1. The molecule has 146 valence electrons. The van der Waals surface area contributed by atoms with Gasteiger partial charge in [-0.1, -0.05) is 23.2 Å². The lowest BCUT2D eigenvalue weighted by Crippen LogP contribution is -2.05.